The highest BCUT2D eigenvalue weighted by Gasteiger charge is 2.23. The third kappa shape index (κ3) is 1.68. The second kappa shape index (κ2) is 3.81. The van der Waals surface area contributed by atoms with Gasteiger partial charge < -0.3 is 9.88 Å². The van der Waals surface area contributed by atoms with Crippen LogP contribution in [0.15, 0.2) is 16.9 Å². The summed E-state index contributed by atoms with van der Waals surface area (Å²) >= 11 is 0. The lowest BCUT2D eigenvalue weighted by atomic mass is 10.1. The number of H-pyrrole nitrogens is 1. The number of amides is 1. The Hall–Kier alpha value is -2.37. The molecule has 1 amide bonds. The second-order valence-electron chi connectivity index (χ2n) is 4.80. The van der Waals surface area contributed by atoms with Gasteiger partial charge in [0.1, 0.15) is 0 Å². The normalized spacial score (nSPS) is 13.9. The summed E-state index contributed by atoms with van der Waals surface area (Å²) < 4.78 is 1.12. The highest BCUT2D eigenvalue weighted by molar-refractivity contribution is 5.90. The summed E-state index contributed by atoms with van der Waals surface area (Å²) in [5.41, 5.74) is 2.77. The zero-order chi connectivity index (χ0) is 13.7. The van der Waals surface area contributed by atoms with Gasteiger partial charge in [-0.3, -0.25) is 9.59 Å². The third-order valence-corrected chi connectivity index (χ3v) is 3.49. The quantitative estimate of drug-likeness (QED) is 0.762. The van der Waals surface area contributed by atoms with Crippen LogP contribution in [0.2, 0.25) is 0 Å². The number of imidazole rings is 1. The van der Waals surface area contributed by atoms with Gasteiger partial charge in [-0.1, -0.05) is 0 Å². The summed E-state index contributed by atoms with van der Waals surface area (Å²) in [6, 6.07) is 3.65. The topological polar surface area (TPSA) is 75.2 Å². The number of rotatable bonds is 0. The largest absolute Gasteiger partial charge is 0.334 e. The summed E-state index contributed by atoms with van der Waals surface area (Å²) in [6.07, 6.45) is 0. The van der Waals surface area contributed by atoms with Crippen molar-refractivity contribution >= 4 is 22.8 Å². The van der Waals surface area contributed by atoms with Gasteiger partial charge in [0, 0.05) is 26.9 Å². The molecule has 19 heavy (non-hydrogen) atoms. The molecule has 2 heterocycles. The van der Waals surface area contributed by atoms with Gasteiger partial charge in [-0.05, 0) is 23.3 Å². The molecule has 0 atom stereocenters. The van der Waals surface area contributed by atoms with Crippen molar-refractivity contribution in [2.75, 3.05) is 0 Å². The molecule has 0 fully saturated rings. The van der Waals surface area contributed by atoms with E-state index in [-0.39, 0.29) is 11.8 Å². The molecule has 0 aliphatic carbocycles. The number of carbonyl (C=O) groups is 2. The minimum atomic E-state index is -0.422. The molecule has 0 saturated heterocycles. The average molecular weight is 259 g/mol. The summed E-state index contributed by atoms with van der Waals surface area (Å²) in [4.78, 5) is 39.0. The molecule has 1 aliphatic rings. The second-order valence-corrected chi connectivity index (χ2v) is 4.80. The Morgan fingerprint density at radius 3 is 2.32 bits per heavy atom. The Morgan fingerprint density at radius 2 is 1.74 bits per heavy atom. The van der Waals surface area contributed by atoms with Crippen LogP contribution in [0.5, 0.6) is 0 Å². The standard InChI is InChI=1S/C13H13N3O3/c1-7(17)15-5-9-3-11-12(4-10(9)6-15)16(8(2)18)13(19)14-11/h3-4H,5-6H2,1-2H3,(H,14,19). The van der Waals surface area contributed by atoms with Crippen LogP contribution in [0, 0.1) is 0 Å². The summed E-state index contributed by atoms with van der Waals surface area (Å²) in [5, 5.41) is 0. The van der Waals surface area contributed by atoms with Crippen LogP contribution < -0.4 is 5.69 Å². The van der Waals surface area contributed by atoms with E-state index in [1.54, 1.807) is 4.90 Å². The maximum Gasteiger partial charge on any atom is 0.333 e. The van der Waals surface area contributed by atoms with E-state index < -0.39 is 5.69 Å². The van der Waals surface area contributed by atoms with Crippen molar-refractivity contribution in [1.29, 1.82) is 0 Å². The molecular weight excluding hydrogens is 246 g/mol. The lowest BCUT2D eigenvalue weighted by Gasteiger charge is -2.10. The summed E-state index contributed by atoms with van der Waals surface area (Å²) in [6.45, 7) is 3.96. The molecule has 1 N–H and O–H groups in total. The van der Waals surface area contributed by atoms with Crippen LogP contribution in [0.1, 0.15) is 29.8 Å². The minimum absolute atomic E-state index is 0.0174. The number of hydrogen-bond donors (Lipinski definition) is 1. The molecule has 0 unspecified atom stereocenters. The predicted octanol–water partition coefficient (Wildman–Crippen LogP) is 0.852. The molecule has 6 nitrogen and oxygen atoms in total. The molecule has 0 spiro atoms. The highest BCUT2D eigenvalue weighted by Crippen LogP contribution is 2.26. The number of nitrogens with one attached hydrogen (secondary N) is 1. The molecule has 0 bridgehead atoms. The van der Waals surface area contributed by atoms with Crippen molar-refractivity contribution in [3.63, 3.8) is 0 Å². The van der Waals surface area contributed by atoms with Crippen molar-refractivity contribution in [3.05, 3.63) is 33.7 Å². The van der Waals surface area contributed by atoms with Gasteiger partial charge in [0.25, 0.3) is 0 Å². The van der Waals surface area contributed by atoms with Crippen LogP contribution >= 0.6 is 0 Å². The molecule has 3 rings (SSSR count). The van der Waals surface area contributed by atoms with Crippen LogP contribution in [0.25, 0.3) is 11.0 Å². The first-order chi connectivity index (χ1) is 8.97. The average Bonchev–Trinajstić information content (AvgIpc) is 2.84. The van der Waals surface area contributed by atoms with Gasteiger partial charge in [-0.25, -0.2) is 9.36 Å². The smallest absolute Gasteiger partial charge is 0.333 e. The van der Waals surface area contributed by atoms with E-state index in [1.807, 2.05) is 12.1 Å². The first kappa shape index (κ1) is 11.7. The van der Waals surface area contributed by atoms with E-state index in [4.69, 9.17) is 0 Å². The van der Waals surface area contributed by atoms with Crippen LogP contribution in [-0.2, 0) is 17.9 Å². The Labute approximate surface area is 108 Å². The van der Waals surface area contributed by atoms with Crippen LogP contribution in [0.4, 0.5) is 0 Å². The van der Waals surface area contributed by atoms with Gasteiger partial charge in [0.15, 0.2) is 0 Å². The van der Waals surface area contributed by atoms with E-state index >= 15 is 0 Å². The van der Waals surface area contributed by atoms with E-state index in [2.05, 4.69) is 4.98 Å². The molecule has 0 saturated carbocycles. The van der Waals surface area contributed by atoms with Gasteiger partial charge in [-0.15, -0.1) is 0 Å². The molecule has 1 aliphatic heterocycles. The Morgan fingerprint density at radius 1 is 1.11 bits per heavy atom. The maximum atomic E-state index is 11.7. The molecule has 6 heteroatoms. The number of hydrogen-bond acceptors (Lipinski definition) is 3. The number of benzene rings is 1. The first-order valence-electron chi connectivity index (χ1n) is 6.00. The number of fused-ring (bicyclic) bond motifs is 2. The summed E-state index contributed by atoms with van der Waals surface area (Å²) in [5.74, 6) is -0.304. The molecule has 0 radical (unpaired) electrons. The monoisotopic (exact) mass is 259 g/mol. The minimum Gasteiger partial charge on any atom is -0.334 e. The van der Waals surface area contributed by atoms with E-state index in [0.29, 0.717) is 24.1 Å². The van der Waals surface area contributed by atoms with Gasteiger partial charge >= 0.3 is 5.69 Å². The molecule has 1 aromatic heterocycles. The fraction of sp³-hybridized carbons (Fsp3) is 0.308. The van der Waals surface area contributed by atoms with Gasteiger partial charge in [-0.2, -0.15) is 0 Å². The molecule has 98 valence electrons. The molecular formula is C13H13N3O3. The van der Waals surface area contributed by atoms with E-state index in [9.17, 15) is 14.4 Å². The number of aromatic amines is 1. The number of nitrogens with zero attached hydrogens (tertiary/aromatic N) is 2. The number of carbonyl (C=O) groups excluding carboxylic acids is 2. The lowest BCUT2D eigenvalue weighted by molar-refractivity contribution is -0.129. The van der Waals surface area contributed by atoms with Gasteiger partial charge in [0.05, 0.1) is 11.0 Å². The van der Waals surface area contributed by atoms with Crippen molar-refractivity contribution in [1.82, 2.24) is 14.5 Å². The fourth-order valence-electron chi connectivity index (χ4n) is 2.54. The highest BCUT2D eigenvalue weighted by atomic mass is 16.2. The van der Waals surface area contributed by atoms with Gasteiger partial charge in [0.2, 0.25) is 11.8 Å². The van der Waals surface area contributed by atoms with Crippen molar-refractivity contribution in [2.24, 2.45) is 0 Å². The maximum absolute atomic E-state index is 11.7. The van der Waals surface area contributed by atoms with Crippen molar-refractivity contribution < 1.29 is 9.59 Å². The number of aromatic nitrogens is 2. The third-order valence-electron chi connectivity index (χ3n) is 3.49. The summed E-state index contributed by atoms with van der Waals surface area (Å²) in [7, 11) is 0. The first-order valence-corrected chi connectivity index (χ1v) is 6.00. The lowest BCUT2D eigenvalue weighted by Crippen LogP contribution is -2.22. The Balaban J connectivity index is 2.20. The zero-order valence-electron chi connectivity index (χ0n) is 10.7. The van der Waals surface area contributed by atoms with Crippen LogP contribution in [0.3, 0.4) is 0 Å². The van der Waals surface area contributed by atoms with Crippen molar-refractivity contribution in [2.45, 2.75) is 26.9 Å². The fourth-order valence-corrected chi connectivity index (χ4v) is 2.54. The predicted molar refractivity (Wildman–Crippen MR) is 68.8 cm³/mol. The van der Waals surface area contributed by atoms with E-state index in [1.165, 1.54) is 13.8 Å². The SMILES string of the molecule is CC(=O)N1Cc2cc3[nH]c(=O)n(C(C)=O)c3cc2C1. The molecule has 1 aromatic carbocycles. The van der Waals surface area contributed by atoms with E-state index in [0.717, 1.165) is 15.7 Å². The Kier molecular flexibility index (Phi) is 2.35. The Bertz CT molecular complexity index is 769. The molecule has 2 aromatic rings. The zero-order valence-corrected chi connectivity index (χ0v) is 10.7. The van der Waals surface area contributed by atoms with Crippen LogP contribution in [-0.4, -0.2) is 26.3 Å². The van der Waals surface area contributed by atoms with Crippen molar-refractivity contribution in [3.8, 4) is 0 Å².